The summed E-state index contributed by atoms with van der Waals surface area (Å²) in [6, 6.07) is 11.0. The maximum atomic E-state index is 12.3. The van der Waals surface area contributed by atoms with Crippen molar-refractivity contribution in [2.45, 2.75) is 20.3 Å². The molecule has 31 heavy (non-hydrogen) atoms. The lowest BCUT2D eigenvalue weighted by Gasteiger charge is -2.13. The van der Waals surface area contributed by atoms with Crippen molar-refractivity contribution in [1.29, 1.82) is 0 Å². The van der Waals surface area contributed by atoms with Crippen molar-refractivity contribution in [2.75, 3.05) is 32.0 Å². The molecular formula is C22H28N6O3. The molecule has 0 bridgehead atoms. The summed E-state index contributed by atoms with van der Waals surface area (Å²) in [5.74, 6) is 1.08. The molecule has 0 spiro atoms. The van der Waals surface area contributed by atoms with E-state index < -0.39 is 6.09 Å². The molecule has 0 saturated carbocycles. The summed E-state index contributed by atoms with van der Waals surface area (Å²) in [6.45, 7) is 5.69. The number of imidazole rings is 1. The summed E-state index contributed by atoms with van der Waals surface area (Å²) in [4.78, 5) is 28.7. The molecule has 9 heteroatoms. The van der Waals surface area contributed by atoms with Gasteiger partial charge in [-0.05, 0) is 36.6 Å². The zero-order valence-corrected chi connectivity index (χ0v) is 18.0. The fraction of sp³-hybridized carbons (Fsp3) is 0.364. The SMILES string of the molecule is CC(C)CCNC(=O)c1ccc(-c2cnc3ccc(NCCN(C)C(=O)O)nn23)cc1. The first-order valence-corrected chi connectivity index (χ1v) is 10.3. The molecule has 3 aromatic rings. The number of benzene rings is 1. The van der Waals surface area contributed by atoms with Gasteiger partial charge in [0.1, 0.15) is 5.82 Å². The van der Waals surface area contributed by atoms with Gasteiger partial charge in [-0.15, -0.1) is 5.10 Å². The third-order valence-electron chi connectivity index (χ3n) is 4.89. The zero-order valence-electron chi connectivity index (χ0n) is 18.0. The van der Waals surface area contributed by atoms with Gasteiger partial charge in [-0.1, -0.05) is 26.0 Å². The van der Waals surface area contributed by atoms with Crippen LogP contribution in [0, 0.1) is 5.92 Å². The predicted octanol–water partition coefficient (Wildman–Crippen LogP) is 3.19. The Labute approximate surface area is 181 Å². The largest absolute Gasteiger partial charge is 0.465 e. The minimum Gasteiger partial charge on any atom is -0.465 e. The standard InChI is InChI=1S/C22H28N6O3/c1-15(2)10-11-24-21(29)17-6-4-16(5-7-17)18-14-25-20-9-8-19(26-28(18)20)23-12-13-27(3)22(30)31/h4-9,14-15H,10-13H2,1-3H3,(H,23,26)(H,24,29)(H,30,31). The average molecular weight is 425 g/mol. The molecule has 0 radical (unpaired) electrons. The Morgan fingerprint density at radius 1 is 1.13 bits per heavy atom. The highest BCUT2D eigenvalue weighted by atomic mass is 16.4. The Balaban J connectivity index is 1.70. The third kappa shape index (κ3) is 5.71. The van der Waals surface area contributed by atoms with E-state index >= 15 is 0 Å². The van der Waals surface area contributed by atoms with Crippen molar-refractivity contribution in [3.05, 3.63) is 48.2 Å². The molecular weight excluding hydrogens is 396 g/mol. The number of hydrogen-bond acceptors (Lipinski definition) is 5. The van der Waals surface area contributed by atoms with Crippen LogP contribution in [-0.4, -0.2) is 63.3 Å². The molecule has 3 rings (SSSR count). The first-order valence-electron chi connectivity index (χ1n) is 10.3. The van der Waals surface area contributed by atoms with Crippen molar-refractivity contribution >= 4 is 23.5 Å². The number of carboxylic acid groups (broad SMARTS) is 1. The van der Waals surface area contributed by atoms with E-state index in [-0.39, 0.29) is 5.91 Å². The highest BCUT2D eigenvalue weighted by molar-refractivity contribution is 5.94. The van der Waals surface area contributed by atoms with Gasteiger partial charge >= 0.3 is 6.09 Å². The van der Waals surface area contributed by atoms with E-state index in [0.717, 1.165) is 17.7 Å². The van der Waals surface area contributed by atoms with E-state index in [4.69, 9.17) is 5.11 Å². The molecule has 2 heterocycles. The molecule has 0 saturated heterocycles. The second-order valence-electron chi connectivity index (χ2n) is 7.78. The van der Waals surface area contributed by atoms with Crippen LogP contribution < -0.4 is 10.6 Å². The summed E-state index contributed by atoms with van der Waals surface area (Å²) in [6.07, 6.45) is 1.71. The van der Waals surface area contributed by atoms with Gasteiger partial charge in [-0.25, -0.2) is 14.3 Å². The third-order valence-corrected chi connectivity index (χ3v) is 4.89. The van der Waals surface area contributed by atoms with Gasteiger partial charge in [0.05, 0.1) is 11.9 Å². The number of rotatable bonds is 9. The first-order chi connectivity index (χ1) is 14.8. The van der Waals surface area contributed by atoms with Gasteiger partial charge < -0.3 is 20.6 Å². The summed E-state index contributed by atoms with van der Waals surface area (Å²) in [5, 5.41) is 19.5. The van der Waals surface area contributed by atoms with Gasteiger partial charge in [0.15, 0.2) is 5.65 Å². The van der Waals surface area contributed by atoms with Crippen LogP contribution in [0.3, 0.4) is 0 Å². The number of nitrogens with zero attached hydrogens (tertiary/aromatic N) is 4. The fourth-order valence-electron chi connectivity index (χ4n) is 2.98. The van der Waals surface area contributed by atoms with Crippen LogP contribution in [0.15, 0.2) is 42.6 Å². The van der Waals surface area contributed by atoms with Crippen LogP contribution in [-0.2, 0) is 0 Å². The van der Waals surface area contributed by atoms with E-state index in [1.54, 1.807) is 28.9 Å². The van der Waals surface area contributed by atoms with E-state index in [1.165, 1.54) is 11.9 Å². The summed E-state index contributed by atoms with van der Waals surface area (Å²) in [7, 11) is 1.52. The summed E-state index contributed by atoms with van der Waals surface area (Å²) in [5.41, 5.74) is 2.99. The second-order valence-corrected chi connectivity index (χ2v) is 7.78. The molecule has 9 nitrogen and oxygen atoms in total. The lowest BCUT2D eigenvalue weighted by atomic mass is 10.1. The number of hydrogen-bond donors (Lipinski definition) is 3. The Morgan fingerprint density at radius 3 is 2.55 bits per heavy atom. The van der Waals surface area contributed by atoms with Crippen LogP contribution in [0.2, 0.25) is 0 Å². The number of nitrogens with one attached hydrogen (secondary N) is 2. The lowest BCUT2D eigenvalue weighted by Crippen LogP contribution is -2.30. The topological polar surface area (TPSA) is 112 Å². The number of carbonyl (C=O) groups excluding carboxylic acids is 1. The number of likely N-dealkylation sites (N-methyl/N-ethyl adjacent to an activating group) is 1. The van der Waals surface area contributed by atoms with E-state index in [9.17, 15) is 9.59 Å². The molecule has 164 valence electrons. The number of carbonyl (C=O) groups is 2. The first kappa shape index (κ1) is 22.1. The normalized spacial score (nSPS) is 11.0. The smallest absolute Gasteiger partial charge is 0.407 e. The van der Waals surface area contributed by atoms with Crippen LogP contribution in [0.5, 0.6) is 0 Å². The molecule has 0 aliphatic heterocycles. The number of anilines is 1. The maximum absolute atomic E-state index is 12.3. The molecule has 0 atom stereocenters. The monoisotopic (exact) mass is 424 g/mol. The van der Waals surface area contributed by atoms with Crippen molar-refractivity contribution in [2.24, 2.45) is 5.92 Å². The molecule has 0 unspecified atom stereocenters. The average Bonchev–Trinajstić information content (AvgIpc) is 3.16. The Bertz CT molecular complexity index is 1050. The number of amides is 2. The molecule has 0 aliphatic carbocycles. The molecule has 3 N–H and O–H groups in total. The Morgan fingerprint density at radius 2 is 1.87 bits per heavy atom. The number of aromatic nitrogens is 3. The van der Waals surface area contributed by atoms with Crippen molar-refractivity contribution in [3.63, 3.8) is 0 Å². The highest BCUT2D eigenvalue weighted by Gasteiger charge is 2.11. The van der Waals surface area contributed by atoms with Crippen LogP contribution in [0.4, 0.5) is 10.6 Å². The van der Waals surface area contributed by atoms with E-state index in [1.807, 2.05) is 18.2 Å². The summed E-state index contributed by atoms with van der Waals surface area (Å²) < 4.78 is 1.72. The van der Waals surface area contributed by atoms with Crippen molar-refractivity contribution < 1.29 is 14.7 Å². The molecule has 0 fully saturated rings. The second kappa shape index (κ2) is 9.92. The summed E-state index contributed by atoms with van der Waals surface area (Å²) >= 11 is 0. The Hall–Kier alpha value is -3.62. The van der Waals surface area contributed by atoms with Gasteiger partial charge in [0, 0.05) is 37.8 Å². The van der Waals surface area contributed by atoms with Crippen molar-refractivity contribution in [3.8, 4) is 11.3 Å². The van der Waals surface area contributed by atoms with Crippen LogP contribution in [0.1, 0.15) is 30.6 Å². The Kier molecular flexibility index (Phi) is 7.07. The van der Waals surface area contributed by atoms with Crippen LogP contribution >= 0.6 is 0 Å². The quantitative estimate of drug-likeness (QED) is 0.486. The molecule has 2 amide bonds. The van der Waals surface area contributed by atoms with Crippen LogP contribution in [0.25, 0.3) is 16.9 Å². The molecule has 2 aromatic heterocycles. The van der Waals surface area contributed by atoms with Gasteiger partial charge in [-0.2, -0.15) is 0 Å². The van der Waals surface area contributed by atoms with E-state index in [0.29, 0.717) is 42.6 Å². The minimum absolute atomic E-state index is 0.0821. The van der Waals surface area contributed by atoms with E-state index in [2.05, 4.69) is 34.6 Å². The maximum Gasteiger partial charge on any atom is 0.407 e. The van der Waals surface area contributed by atoms with Gasteiger partial charge in [-0.3, -0.25) is 4.79 Å². The predicted molar refractivity (Wildman–Crippen MR) is 119 cm³/mol. The minimum atomic E-state index is -0.973. The fourth-order valence-corrected chi connectivity index (χ4v) is 2.98. The molecule has 0 aliphatic rings. The van der Waals surface area contributed by atoms with Gasteiger partial charge in [0.25, 0.3) is 5.91 Å². The van der Waals surface area contributed by atoms with Gasteiger partial charge in [0.2, 0.25) is 0 Å². The zero-order chi connectivity index (χ0) is 22.4. The highest BCUT2D eigenvalue weighted by Crippen LogP contribution is 2.21. The molecule has 1 aromatic carbocycles. The lowest BCUT2D eigenvalue weighted by molar-refractivity contribution is 0.0952. The van der Waals surface area contributed by atoms with Crippen molar-refractivity contribution in [1.82, 2.24) is 24.8 Å². The number of fused-ring (bicyclic) bond motifs is 1.